The zero-order chi connectivity index (χ0) is 21.7. The number of amides is 1. The number of carbonyl (C=O) groups is 2. The summed E-state index contributed by atoms with van der Waals surface area (Å²) in [7, 11) is 1.46. The molecule has 1 heterocycles. The summed E-state index contributed by atoms with van der Waals surface area (Å²) in [5.74, 6) is -1.66. The van der Waals surface area contributed by atoms with Crippen molar-refractivity contribution in [3.8, 4) is 17.0 Å². The molecule has 3 aromatic rings. The molecule has 0 saturated carbocycles. The molecule has 1 atom stereocenters. The van der Waals surface area contributed by atoms with Crippen LogP contribution in [0.2, 0.25) is 5.02 Å². The minimum Gasteiger partial charge on any atom is -0.494 e. The van der Waals surface area contributed by atoms with E-state index in [2.05, 4.69) is 10.3 Å². The highest BCUT2D eigenvalue weighted by Crippen LogP contribution is 2.29. The Morgan fingerprint density at radius 1 is 1.13 bits per heavy atom. The normalized spacial score (nSPS) is 11.6. The number of pyridine rings is 1. The number of carbonyl (C=O) groups excluding carboxylic acids is 1. The average molecular weight is 429 g/mol. The molecule has 0 aliphatic rings. The van der Waals surface area contributed by atoms with Crippen LogP contribution >= 0.6 is 11.6 Å². The van der Waals surface area contributed by atoms with E-state index in [0.29, 0.717) is 27.6 Å². The second-order valence-electron chi connectivity index (χ2n) is 6.40. The Morgan fingerprint density at radius 3 is 2.47 bits per heavy atom. The lowest BCUT2D eigenvalue weighted by atomic mass is 10.0. The van der Waals surface area contributed by atoms with Gasteiger partial charge in [-0.25, -0.2) is 9.37 Å². The number of aliphatic carboxylic acids is 1. The number of carboxylic acid groups (broad SMARTS) is 1. The highest BCUT2D eigenvalue weighted by atomic mass is 35.5. The largest absolute Gasteiger partial charge is 0.494 e. The van der Waals surface area contributed by atoms with Gasteiger partial charge in [0.1, 0.15) is 23.0 Å². The molecule has 2 aromatic carbocycles. The first-order chi connectivity index (χ1) is 14.4. The Bertz CT molecular complexity index is 1070. The van der Waals surface area contributed by atoms with E-state index in [1.165, 1.54) is 37.4 Å². The number of nitrogens with zero attached hydrogens (tertiary/aromatic N) is 1. The zero-order valence-electron chi connectivity index (χ0n) is 15.9. The lowest BCUT2D eigenvalue weighted by Gasteiger charge is -2.19. The monoisotopic (exact) mass is 428 g/mol. The number of hydrogen-bond acceptors (Lipinski definition) is 4. The van der Waals surface area contributed by atoms with E-state index in [1.807, 2.05) is 0 Å². The van der Waals surface area contributed by atoms with Gasteiger partial charge in [-0.1, -0.05) is 29.8 Å². The van der Waals surface area contributed by atoms with E-state index < -0.39 is 23.7 Å². The number of aromatic nitrogens is 1. The summed E-state index contributed by atoms with van der Waals surface area (Å²) in [4.78, 5) is 28.5. The number of carboxylic acids is 1. The third kappa shape index (κ3) is 4.93. The average Bonchev–Trinajstić information content (AvgIpc) is 2.73. The maximum absolute atomic E-state index is 13.3. The van der Waals surface area contributed by atoms with E-state index in [4.69, 9.17) is 16.3 Å². The molecule has 0 spiro atoms. The van der Waals surface area contributed by atoms with E-state index in [9.17, 15) is 19.1 Å². The van der Waals surface area contributed by atoms with Gasteiger partial charge in [-0.2, -0.15) is 0 Å². The third-order valence-electron chi connectivity index (χ3n) is 4.39. The molecule has 0 radical (unpaired) electrons. The molecule has 6 nitrogen and oxygen atoms in total. The van der Waals surface area contributed by atoms with E-state index in [-0.39, 0.29) is 12.1 Å². The van der Waals surface area contributed by atoms with E-state index >= 15 is 0 Å². The SMILES string of the molecule is COc1ccc(C(=O)NC(CC(=O)O)c2ccccc2Cl)nc1-c1ccc(F)cc1. The van der Waals surface area contributed by atoms with Crippen LogP contribution in [0.1, 0.15) is 28.5 Å². The minimum absolute atomic E-state index is 0.0533. The van der Waals surface area contributed by atoms with Crippen LogP contribution in [-0.2, 0) is 4.79 Å². The van der Waals surface area contributed by atoms with Crippen molar-refractivity contribution in [1.82, 2.24) is 10.3 Å². The Morgan fingerprint density at radius 2 is 1.83 bits per heavy atom. The van der Waals surface area contributed by atoms with Crippen LogP contribution < -0.4 is 10.1 Å². The molecule has 1 aromatic heterocycles. The number of methoxy groups -OCH3 is 1. The molecule has 8 heteroatoms. The van der Waals surface area contributed by atoms with E-state index in [1.54, 1.807) is 30.3 Å². The van der Waals surface area contributed by atoms with Crippen molar-refractivity contribution in [2.24, 2.45) is 0 Å². The van der Waals surface area contributed by atoms with Crippen molar-refractivity contribution in [2.75, 3.05) is 7.11 Å². The Kier molecular flexibility index (Phi) is 6.64. The predicted molar refractivity (Wildman–Crippen MR) is 110 cm³/mol. The van der Waals surface area contributed by atoms with Gasteiger partial charge < -0.3 is 15.2 Å². The van der Waals surface area contributed by atoms with Crippen molar-refractivity contribution in [3.63, 3.8) is 0 Å². The molecule has 0 bridgehead atoms. The first-order valence-corrected chi connectivity index (χ1v) is 9.35. The summed E-state index contributed by atoms with van der Waals surface area (Å²) in [6.45, 7) is 0. The summed E-state index contributed by atoms with van der Waals surface area (Å²) in [5, 5.41) is 12.3. The summed E-state index contributed by atoms with van der Waals surface area (Å²) in [5.41, 5.74) is 1.47. The summed E-state index contributed by atoms with van der Waals surface area (Å²) >= 11 is 6.18. The summed E-state index contributed by atoms with van der Waals surface area (Å²) in [6, 6.07) is 14.5. The number of rotatable bonds is 7. The van der Waals surface area contributed by atoms with Gasteiger partial charge in [-0.05, 0) is 48.0 Å². The molecule has 3 rings (SSSR count). The number of ether oxygens (including phenoxy) is 1. The molecule has 1 unspecified atom stereocenters. The van der Waals surface area contributed by atoms with Crippen molar-refractivity contribution in [2.45, 2.75) is 12.5 Å². The maximum atomic E-state index is 13.3. The maximum Gasteiger partial charge on any atom is 0.305 e. The second kappa shape index (κ2) is 9.37. The van der Waals surface area contributed by atoms with Crippen LogP contribution in [0.15, 0.2) is 60.7 Å². The number of nitrogens with one attached hydrogen (secondary N) is 1. The van der Waals surface area contributed by atoms with Crippen LogP contribution in [0.4, 0.5) is 4.39 Å². The van der Waals surface area contributed by atoms with Gasteiger partial charge in [0, 0.05) is 10.6 Å². The van der Waals surface area contributed by atoms with Gasteiger partial charge in [0.15, 0.2) is 0 Å². The van der Waals surface area contributed by atoms with Gasteiger partial charge in [-0.3, -0.25) is 9.59 Å². The smallest absolute Gasteiger partial charge is 0.305 e. The molecule has 1 amide bonds. The highest BCUT2D eigenvalue weighted by Gasteiger charge is 2.22. The molecule has 0 fully saturated rings. The molecule has 0 saturated heterocycles. The number of benzene rings is 2. The van der Waals surface area contributed by atoms with Crippen LogP contribution in [0.25, 0.3) is 11.3 Å². The fourth-order valence-electron chi connectivity index (χ4n) is 2.96. The van der Waals surface area contributed by atoms with Crippen molar-refractivity contribution in [3.05, 3.63) is 82.8 Å². The van der Waals surface area contributed by atoms with Gasteiger partial charge in [0.2, 0.25) is 0 Å². The van der Waals surface area contributed by atoms with Crippen LogP contribution in [0.3, 0.4) is 0 Å². The first-order valence-electron chi connectivity index (χ1n) is 8.97. The molecular weight excluding hydrogens is 411 g/mol. The lowest BCUT2D eigenvalue weighted by molar-refractivity contribution is -0.137. The van der Waals surface area contributed by atoms with Crippen molar-refractivity contribution >= 4 is 23.5 Å². The van der Waals surface area contributed by atoms with Crippen molar-refractivity contribution in [1.29, 1.82) is 0 Å². The predicted octanol–water partition coefficient (Wildman–Crippen LogP) is 4.50. The van der Waals surface area contributed by atoms with Gasteiger partial charge in [0.05, 0.1) is 19.6 Å². The summed E-state index contributed by atoms with van der Waals surface area (Å²) < 4.78 is 18.6. The molecule has 0 aliphatic carbocycles. The van der Waals surface area contributed by atoms with Crippen LogP contribution in [0.5, 0.6) is 5.75 Å². The standard InChI is InChI=1S/C22H18ClFN2O4/c1-30-19-11-10-17(25-21(19)13-6-8-14(24)9-7-13)22(29)26-18(12-20(27)28)15-4-2-3-5-16(15)23/h2-11,18H,12H2,1H3,(H,26,29)(H,27,28). The molecule has 30 heavy (non-hydrogen) atoms. The van der Waals surface area contributed by atoms with Crippen LogP contribution in [-0.4, -0.2) is 29.1 Å². The quantitative estimate of drug-likeness (QED) is 0.578. The summed E-state index contributed by atoms with van der Waals surface area (Å²) in [6.07, 6.45) is -0.351. The Balaban J connectivity index is 1.93. The molecule has 154 valence electrons. The lowest BCUT2D eigenvalue weighted by Crippen LogP contribution is -2.31. The fraction of sp³-hybridized carbons (Fsp3) is 0.136. The fourth-order valence-corrected chi connectivity index (χ4v) is 3.22. The van der Waals surface area contributed by atoms with Gasteiger partial charge in [0.25, 0.3) is 5.91 Å². The number of hydrogen-bond donors (Lipinski definition) is 2. The number of halogens is 2. The second-order valence-corrected chi connectivity index (χ2v) is 6.81. The molecule has 2 N–H and O–H groups in total. The van der Waals surface area contributed by atoms with E-state index in [0.717, 1.165) is 0 Å². The van der Waals surface area contributed by atoms with Gasteiger partial charge in [-0.15, -0.1) is 0 Å². The first kappa shape index (κ1) is 21.3. The van der Waals surface area contributed by atoms with Crippen LogP contribution in [0, 0.1) is 5.82 Å². The van der Waals surface area contributed by atoms with Crippen molar-refractivity contribution < 1.29 is 23.8 Å². The minimum atomic E-state index is -1.09. The Labute approximate surface area is 177 Å². The molecular formula is C22H18ClFN2O4. The van der Waals surface area contributed by atoms with Gasteiger partial charge >= 0.3 is 5.97 Å². The third-order valence-corrected chi connectivity index (χ3v) is 4.74. The zero-order valence-corrected chi connectivity index (χ0v) is 16.7. The highest BCUT2D eigenvalue weighted by molar-refractivity contribution is 6.31. The Hall–Kier alpha value is -3.45. The topological polar surface area (TPSA) is 88.5 Å². The molecule has 0 aliphatic heterocycles.